The van der Waals surface area contributed by atoms with Gasteiger partial charge in [-0.15, -0.1) is 0 Å². The predicted molar refractivity (Wildman–Crippen MR) is 55.5 cm³/mol. The lowest BCUT2D eigenvalue weighted by Crippen LogP contribution is -2.40. The molecule has 1 N–H and O–H groups in total. The molecule has 0 aromatic carbocycles. The van der Waals surface area contributed by atoms with Crippen LogP contribution in [0.2, 0.25) is 0 Å². The van der Waals surface area contributed by atoms with Gasteiger partial charge in [-0.25, -0.2) is 4.39 Å². The number of rotatable bonds is 2. The Kier molecular flexibility index (Phi) is 3.26. The molecule has 1 unspecified atom stereocenters. The molecule has 2 rings (SSSR count). The maximum Gasteiger partial charge on any atom is 0.236 e. The predicted octanol–water partition coefficient (Wildman–Crippen LogP) is 0.137. The van der Waals surface area contributed by atoms with E-state index < -0.39 is 31.0 Å². The zero-order chi connectivity index (χ0) is 12.6. The summed E-state index contributed by atoms with van der Waals surface area (Å²) in [6.45, 7) is 1.19. The highest BCUT2D eigenvalue weighted by atomic mass is 18.2. The summed E-state index contributed by atoms with van der Waals surface area (Å²) in [4.78, 5) is 24.2. The highest BCUT2D eigenvalue weighted by Crippen LogP contribution is 2.28. The Labute approximate surface area is 97.8 Å². The van der Waals surface area contributed by atoms with Gasteiger partial charge in [0.05, 0.1) is 13.0 Å². The van der Waals surface area contributed by atoms with E-state index in [1.54, 1.807) is 6.92 Å². The van der Waals surface area contributed by atoms with Crippen LogP contribution in [0.5, 0.6) is 0 Å². The van der Waals surface area contributed by atoms with Gasteiger partial charge in [-0.05, 0) is 6.92 Å². The normalized spacial score (nSPS) is 34.2. The third kappa shape index (κ3) is 2.23. The highest BCUT2D eigenvalue weighted by molar-refractivity contribution is 6.09. The number of hydrogen-bond acceptors (Lipinski definition) is 4. The van der Waals surface area contributed by atoms with Gasteiger partial charge in [-0.1, -0.05) is 0 Å². The van der Waals surface area contributed by atoms with Gasteiger partial charge in [-0.2, -0.15) is 0 Å². The van der Waals surface area contributed by atoms with E-state index in [9.17, 15) is 14.0 Å². The molecule has 0 saturated carbocycles. The summed E-state index contributed by atoms with van der Waals surface area (Å²) in [7, 11) is 0. The Balaban J connectivity index is 2.13. The van der Waals surface area contributed by atoms with Crippen LogP contribution in [-0.4, -0.2) is 46.8 Å². The minimum absolute atomic E-state index is 0.0228. The first kappa shape index (κ1) is 12.2. The minimum atomic E-state index is -1.29. The Morgan fingerprint density at radius 1 is 1.59 bits per heavy atom. The number of nitrogens with zero attached hydrogens (tertiary/aromatic N) is 1. The maximum atomic E-state index is 13.4. The number of hydrogen-bond donors (Lipinski definition) is 1. The number of carbonyl (C=O) groups is 2. The second kappa shape index (κ2) is 4.54. The smallest absolute Gasteiger partial charge is 0.236 e. The molecule has 0 aromatic heterocycles. The lowest BCUT2D eigenvalue weighted by atomic mass is 10.1. The lowest BCUT2D eigenvalue weighted by Gasteiger charge is -2.28. The molecule has 17 heavy (non-hydrogen) atoms. The third-order valence-corrected chi connectivity index (χ3v) is 3.02. The van der Waals surface area contributed by atoms with E-state index in [0.29, 0.717) is 5.57 Å². The van der Waals surface area contributed by atoms with E-state index in [0.717, 1.165) is 0 Å². The largest absolute Gasteiger partial charge is 0.394 e. The molecular weight excluding hydrogens is 228 g/mol. The lowest BCUT2D eigenvalue weighted by molar-refractivity contribution is -0.144. The molecule has 2 heterocycles. The molecule has 0 bridgehead atoms. The van der Waals surface area contributed by atoms with Crippen molar-refractivity contribution in [3.8, 4) is 0 Å². The van der Waals surface area contributed by atoms with Crippen molar-refractivity contribution in [2.75, 3.05) is 6.61 Å². The van der Waals surface area contributed by atoms with Crippen LogP contribution in [0.25, 0.3) is 0 Å². The zero-order valence-corrected chi connectivity index (χ0v) is 9.43. The fraction of sp³-hybridized carbons (Fsp3) is 0.636. The van der Waals surface area contributed by atoms with Crippen LogP contribution in [0, 0.1) is 0 Å². The molecule has 2 aliphatic heterocycles. The molecule has 0 aromatic rings. The summed E-state index contributed by atoms with van der Waals surface area (Å²) in [5.74, 6) is -0.615. The summed E-state index contributed by atoms with van der Waals surface area (Å²) >= 11 is 0. The number of amides is 1. The Hall–Kier alpha value is -1.27. The van der Waals surface area contributed by atoms with E-state index in [2.05, 4.69) is 0 Å². The summed E-state index contributed by atoms with van der Waals surface area (Å²) in [5.41, 5.74) is 0.455. The first-order chi connectivity index (χ1) is 8.02. The van der Waals surface area contributed by atoms with Crippen LogP contribution < -0.4 is 0 Å². The highest BCUT2D eigenvalue weighted by Gasteiger charge is 2.40. The van der Waals surface area contributed by atoms with E-state index in [-0.39, 0.29) is 18.6 Å². The summed E-state index contributed by atoms with van der Waals surface area (Å²) < 4.78 is 18.6. The minimum Gasteiger partial charge on any atom is -0.394 e. The van der Waals surface area contributed by atoms with Crippen LogP contribution >= 0.6 is 0 Å². The van der Waals surface area contributed by atoms with Crippen LogP contribution in [0.15, 0.2) is 11.8 Å². The summed E-state index contributed by atoms with van der Waals surface area (Å²) in [5, 5.41) is 8.87. The topological polar surface area (TPSA) is 66.8 Å². The molecule has 3 atom stereocenters. The number of ketones is 1. The van der Waals surface area contributed by atoms with Gasteiger partial charge in [0.1, 0.15) is 18.5 Å². The Morgan fingerprint density at radius 3 is 2.88 bits per heavy atom. The third-order valence-electron chi connectivity index (χ3n) is 3.02. The van der Waals surface area contributed by atoms with Gasteiger partial charge in [-0.3, -0.25) is 14.5 Å². The van der Waals surface area contributed by atoms with Crippen molar-refractivity contribution in [3.05, 3.63) is 11.8 Å². The average Bonchev–Trinajstić information content (AvgIpc) is 2.65. The van der Waals surface area contributed by atoms with Gasteiger partial charge >= 0.3 is 0 Å². The molecule has 1 fully saturated rings. The van der Waals surface area contributed by atoms with Gasteiger partial charge in [0.2, 0.25) is 5.91 Å². The van der Waals surface area contributed by atoms with Crippen molar-refractivity contribution in [1.82, 2.24) is 4.90 Å². The van der Waals surface area contributed by atoms with Crippen molar-refractivity contribution in [2.45, 2.75) is 38.3 Å². The van der Waals surface area contributed by atoms with Crippen LogP contribution in [0.4, 0.5) is 4.39 Å². The van der Waals surface area contributed by atoms with Crippen molar-refractivity contribution >= 4 is 11.7 Å². The van der Waals surface area contributed by atoms with Crippen molar-refractivity contribution in [1.29, 1.82) is 0 Å². The number of halogens is 1. The second-order valence-electron chi connectivity index (χ2n) is 4.28. The second-order valence-corrected chi connectivity index (χ2v) is 4.28. The van der Waals surface area contributed by atoms with E-state index in [4.69, 9.17) is 9.84 Å². The van der Waals surface area contributed by atoms with Gasteiger partial charge in [0.25, 0.3) is 0 Å². The fourth-order valence-electron chi connectivity index (χ4n) is 1.99. The monoisotopic (exact) mass is 242 g/mol. The molecule has 94 valence electrons. The van der Waals surface area contributed by atoms with E-state index >= 15 is 0 Å². The number of aliphatic hydroxyl groups is 1. The molecule has 0 spiro atoms. The SMILES string of the molecule is CC1=CN([C@H]2CC([18F])[C@@H](CO)O2)C(=O)CC1=O. The van der Waals surface area contributed by atoms with Gasteiger partial charge < -0.3 is 9.84 Å². The average molecular weight is 242 g/mol. The molecule has 0 radical (unpaired) electrons. The van der Waals surface area contributed by atoms with Gasteiger partial charge in [0, 0.05) is 18.2 Å². The first-order valence-electron chi connectivity index (χ1n) is 5.46. The Morgan fingerprint density at radius 2 is 2.29 bits per heavy atom. The van der Waals surface area contributed by atoms with E-state index in [1.165, 1.54) is 11.1 Å². The number of Topliss-reactive ketones (excluding diaryl/α,β-unsaturated/α-hetero) is 1. The van der Waals surface area contributed by atoms with Crippen LogP contribution in [0.3, 0.4) is 0 Å². The van der Waals surface area contributed by atoms with Crippen molar-refractivity contribution in [2.24, 2.45) is 0 Å². The summed E-state index contributed by atoms with van der Waals surface area (Å²) in [6, 6.07) is 0. The zero-order valence-electron chi connectivity index (χ0n) is 9.43. The van der Waals surface area contributed by atoms with Crippen molar-refractivity contribution in [3.63, 3.8) is 0 Å². The number of aliphatic hydroxyl groups excluding tert-OH is 1. The molecule has 1 saturated heterocycles. The summed E-state index contributed by atoms with van der Waals surface area (Å²) in [6.07, 6.45) is -1.69. The molecule has 0 aliphatic carbocycles. The standard InChI is InChI=1S/C11H14FNO4/c1-6-4-13(10(16)3-8(6)15)11-2-7(12)9(5-14)17-11/h4,7,9,11,14H,2-3,5H2,1H3/t7?,9-,11-/m1/s1/i12-1. The first-order valence-corrected chi connectivity index (χ1v) is 5.46. The van der Waals surface area contributed by atoms with Crippen molar-refractivity contribution < 1.29 is 23.8 Å². The van der Waals surface area contributed by atoms with Crippen LogP contribution in [0.1, 0.15) is 19.8 Å². The maximum absolute atomic E-state index is 13.4. The molecule has 6 heteroatoms. The molecule has 2 aliphatic rings. The van der Waals surface area contributed by atoms with Crippen LogP contribution in [-0.2, 0) is 14.3 Å². The number of allylic oxidation sites excluding steroid dienone is 1. The molecular formula is C11H14FNO4. The number of carbonyl (C=O) groups excluding carboxylic acids is 2. The number of alkyl halides is 1. The van der Waals surface area contributed by atoms with E-state index in [1.807, 2.05) is 0 Å². The number of ether oxygens (including phenoxy) is 1. The Bertz CT molecular complexity index is 382. The molecule has 1 amide bonds. The quantitative estimate of drug-likeness (QED) is 0.699. The fourth-order valence-corrected chi connectivity index (χ4v) is 1.99. The molecule has 5 nitrogen and oxygen atoms in total. The van der Waals surface area contributed by atoms with Gasteiger partial charge in [0.15, 0.2) is 5.78 Å².